The number of anilines is 1. The molecule has 1 fully saturated rings. The number of aromatic nitrogens is 3. The number of fused-ring (bicyclic) bond motifs is 1. The van der Waals surface area contributed by atoms with Crippen LogP contribution < -0.4 is 5.32 Å². The minimum Gasteiger partial charge on any atom is -0.310 e. The lowest BCUT2D eigenvalue weighted by atomic mass is 10.0. The zero-order valence-electron chi connectivity index (χ0n) is 21.0. The van der Waals surface area contributed by atoms with Gasteiger partial charge in [-0.15, -0.1) is 0 Å². The summed E-state index contributed by atoms with van der Waals surface area (Å²) in [5.41, 5.74) is 5.15. The highest BCUT2D eigenvalue weighted by molar-refractivity contribution is 5.87. The molecule has 3 heterocycles. The summed E-state index contributed by atoms with van der Waals surface area (Å²) in [7, 11) is 0. The predicted octanol–water partition coefficient (Wildman–Crippen LogP) is 7.61. The molecule has 0 unspecified atom stereocenters. The van der Waals surface area contributed by atoms with E-state index in [-0.39, 0.29) is 5.91 Å². The molecule has 0 aromatic carbocycles. The second kappa shape index (κ2) is 16.1. The van der Waals surface area contributed by atoms with E-state index in [1.54, 1.807) is 6.20 Å². The molecular formula is C26H42N4O. The van der Waals surface area contributed by atoms with Gasteiger partial charge in [0.2, 0.25) is 5.91 Å². The SMILES string of the molecule is C1CC1.CC.CC.CC(=O)Nc1cn2cc(-c3cnc(C)cc3C)ccc2n1.CCC. The fourth-order valence-corrected chi connectivity index (χ4v) is 2.39. The van der Waals surface area contributed by atoms with E-state index in [1.807, 2.05) is 63.5 Å². The number of amides is 1. The summed E-state index contributed by atoms with van der Waals surface area (Å²) in [6, 6.07) is 6.01. The van der Waals surface area contributed by atoms with Gasteiger partial charge in [0.15, 0.2) is 5.82 Å². The number of hydrogen-bond donors (Lipinski definition) is 1. The smallest absolute Gasteiger partial charge is 0.222 e. The molecule has 1 aliphatic rings. The molecule has 0 spiro atoms. The van der Waals surface area contributed by atoms with Gasteiger partial charge in [0.25, 0.3) is 0 Å². The van der Waals surface area contributed by atoms with Crippen molar-refractivity contribution in [2.75, 3.05) is 5.32 Å². The Bertz CT molecular complexity index is 895. The summed E-state index contributed by atoms with van der Waals surface area (Å²) >= 11 is 0. The van der Waals surface area contributed by atoms with Crippen LogP contribution in [0.5, 0.6) is 0 Å². The zero-order valence-corrected chi connectivity index (χ0v) is 21.0. The largest absolute Gasteiger partial charge is 0.310 e. The third kappa shape index (κ3) is 10.8. The fraction of sp³-hybridized carbons (Fsp3) is 0.500. The van der Waals surface area contributed by atoms with Crippen molar-refractivity contribution in [2.45, 2.75) is 88.0 Å². The highest BCUT2D eigenvalue weighted by Gasteiger charge is 2.07. The minimum absolute atomic E-state index is 0.128. The van der Waals surface area contributed by atoms with Crippen molar-refractivity contribution in [1.82, 2.24) is 14.4 Å². The van der Waals surface area contributed by atoms with Crippen LogP contribution in [0.1, 0.15) is 85.4 Å². The summed E-state index contributed by atoms with van der Waals surface area (Å²) in [6.07, 6.45) is 11.4. The normalized spacial score (nSPS) is 10.6. The molecule has 5 nitrogen and oxygen atoms in total. The number of carbonyl (C=O) groups excluding carboxylic acids is 1. The summed E-state index contributed by atoms with van der Waals surface area (Å²) in [4.78, 5) is 19.8. The molecule has 3 aromatic rings. The Labute approximate surface area is 189 Å². The third-order valence-corrected chi connectivity index (χ3v) is 3.67. The molecule has 0 atom stereocenters. The number of imidazole rings is 1. The lowest BCUT2D eigenvalue weighted by molar-refractivity contribution is -0.114. The minimum atomic E-state index is -0.128. The van der Waals surface area contributed by atoms with Crippen LogP contribution in [-0.4, -0.2) is 20.3 Å². The molecule has 3 aromatic heterocycles. The topological polar surface area (TPSA) is 59.3 Å². The lowest BCUT2D eigenvalue weighted by Gasteiger charge is -2.06. The first-order valence-corrected chi connectivity index (χ1v) is 11.6. The van der Waals surface area contributed by atoms with E-state index in [1.165, 1.54) is 38.2 Å². The van der Waals surface area contributed by atoms with Gasteiger partial charge in [0, 0.05) is 36.1 Å². The summed E-state index contributed by atoms with van der Waals surface area (Å²) in [5.74, 6) is 0.426. The molecule has 172 valence electrons. The third-order valence-electron chi connectivity index (χ3n) is 3.67. The maximum atomic E-state index is 11.1. The van der Waals surface area contributed by atoms with E-state index in [4.69, 9.17) is 0 Å². The quantitative estimate of drug-likeness (QED) is 0.458. The van der Waals surface area contributed by atoms with E-state index < -0.39 is 0 Å². The van der Waals surface area contributed by atoms with E-state index in [9.17, 15) is 4.79 Å². The van der Waals surface area contributed by atoms with Crippen LogP contribution in [-0.2, 0) is 4.79 Å². The van der Waals surface area contributed by atoms with Crippen LogP contribution in [0.4, 0.5) is 5.82 Å². The summed E-state index contributed by atoms with van der Waals surface area (Å²) in [5, 5.41) is 2.69. The molecule has 1 aliphatic carbocycles. The van der Waals surface area contributed by atoms with E-state index in [0.29, 0.717) is 5.82 Å². The van der Waals surface area contributed by atoms with Gasteiger partial charge in [0.1, 0.15) is 5.65 Å². The molecule has 0 bridgehead atoms. The Balaban J connectivity index is 0.000000764. The highest BCUT2D eigenvalue weighted by atomic mass is 16.1. The van der Waals surface area contributed by atoms with Crippen LogP contribution in [0.2, 0.25) is 0 Å². The van der Waals surface area contributed by atoms with E-state index >= 15 is 0 Å². The summed E-state index contributed by atoms with van der Waals surface area (Å²) in [6.45, 7) is 17.8. The Morgan fingerprint density at radius 3 is 2.10 bits per heavy atom. The molecule has 0 radical (unpaired) electrons. The first-order valence-electron chi connectivity index (χ1n) is 11.6. The second-order valence-electron chi connectivity index (χ2n) is 6.90. The average Bonchev–Trinajstić information content (AvgIpc) is 3.58. The maximum absolute atomic E-state index is 11.1. The van der Waals surface area contributed by atoms with Crippen molar-refractivity contribution in [3.63, 3.8) is 0 Å². The van der Waals surface area contributed by atoms with Crippen molar-refractivity contribution in [1.29, 1.82) is 0 Å². The van der Waals surface area contributed by atoms with Crippen LogP contribution in [0.25, 0.3) is 16.8 Å². The highest BCUT2D eigenvalue weighted by Crippen LogP contribution is 2.24. The van der Waals surface area contributed by atoms with Crippen molar-refractivity contribution < 1.29 is 4.79 Å². The van der Waals surface area contributed by atoms with Gasteiger partial charge in [0.05, 0.1) is 6.20 Å². The molecule has 1 saturated carbocycles. The monoisotopic (exact) mass is 426 g/mol. The molecule has 1 amide bonds. The van der Waals surface area contributed by atoms with Crippen LogP contribution in [0.3, 0.4) is 0 Å². The van der Waals surface area contributed by atoms with Gasteiger partial charge in [-0.1, -0.05) is 67.2 Å². The van der Waals surface area contributed by atoms with Gasteiger partial charge in [-0.3, -0.25) is 9.78 Å². The average molecular weight is 427 g/mol. The van der Waals surface area contributed by atoms with E-state index in [2.05, 4.69) is 42.1 Å². The summed E-state index contributed by atoms with van der Waals surface area (Å²) < 4.78 is 1.90. The Hall–Kier alpha value is -2.69. The molecule has 31 heavy (non-hydrogen) atoms. The number of nitrogens with one attached hydrogen (secondary N) is 1. The Morgan fingerprint density at radius 1 is 1.03 bits per heavy atom. The van der Waals surface area contributed by atoms with Gasteiger partial charge in [-0.25, -0.2) is 4.98 Å². The standard InChI is InChI=1S/C16H16N4O.C3H6.C3H8.2C2H6/c1-10-6-11(2)17-7-14(10)13-4-5-16-19-15(18-12(3)21)9-20(16)8-13;1-2-3-1;1-3-2;2*1-2/h4-9H,1-3H3,(H,18,21);1-3H2;3H2,1-2H3;2*1-2H3. The number of nitrogens with zero attached hydrogens (tertiary/aromatic N) is 3. The lowest BCUT2D eigenvalue weighted by Crippen LogP contribution is -2.05. The van der Waals surface area contributed by atoms with Gasteiger partial charge >= 0.3 is 0 Å². The maximum Gasteiger partial charge on any atom is 0.222 e. The molecule has 4 rings (SSSR count). The predicted molar refractivity (Wildman–Crippen MR) is 135 cm³/mol. The van der Waals surface area contributed by atoms with Gasteiger partial charge < -0.3 is 9.72 Å². The van der Waals surface area contributed by atoms with Crippen LogP contribution in [0.15, 0.2) is 36.8 Å². The number of carbonyl (C=O) groups is 1. The van der Waals surface area contributed by atoms with Crippen LogP contribution >= 0.6 is 0 Å². The van der Waals surface area contributed by atoms with Gasteiger partial charge in [-0.05, 0) is 37.6 Å². The molecule has 0 saturated heterocycles. The zero-order chi connectivity index (χ0) is 23.8. The van der Waals surface area contributed by atoms with Crippen LogP contribution in [0, 0.1) is 13.8 Å². The van der Waals surface area contributed by atoms with Gasteiger partial charge in [-0.2, -0.15) is 0 Å². The van der Waals surface area contributed by atoms with Crippen molar-refractivity contribution in [2.24, 2.45) is 0 Å². The van der Waals surface area contributed by atoms with E-state index in [0.717, 1.165) is 22.5 Å². The van der Waals surface area contributed by atoms with Crippen molar-refractivity contribution in [3.8, 4) is 11.1 Å². The molecule has 1 N–H and O–H groups in total. The fourth-order valence-electron chi connectivity index (χ4n) is 2.39. The Morgan fingerprint density at radius 2 is 1.61 bits per heavy atom. The number of pyridine rings is 2. The number of aryl methyl sites for hydroxylation is 2. The Kier molecular flexibility index (Phi) is 14.7. The molecule has 0 aliphatic heterocycles. The molecule has 5 heteroatoms. The molecular weight excluding hydrogens is 384 g/mol. The van der Waals surface area contributed by atoms with Crippen molar-refractivity contribution >= 4 is 17.4 Å². The number of hydrogen-bond acceptors (Lipinski definition) is 3. The van der Waals surface area contributed by atoms with Crippen molar-refractivity contribution in [3.05, 3.63) is 48.0 Å². The first-order chi connectivity index (χ1) is 14.9. The number of rotatable bonds is 2. The second-order valence-corrected chi connectivity index (χ2v) is 6.90. The first kappa shape index (κ1) is 28.3.